The summed E-state index contributed by atoms with van der Waals surface area (Å²) in [4.78, 5) is 19.1. The highest BCUT2D eigenvalue weighted by Gasteiger charge is 2.27. The Labute approximate surface area is 150 Å². The van der Waals surface area contributed by atoms with E-state index in [1.807, 2.05) is 0 Å². The maximum atomic E-state index is 12.3. The van der Waals surface area contributed by atoms with Crippen molar-refractivity contribution in [2.45, 2.75) is 0 Å². The minimum Gasteiger partial charge on any atom is -0.496 e. The van der Waals surface area contributed by atoms with Crippen LogP contribution in [0.1, 0.15) is 5.56 Å². The third-order valence-corrected chi connectivity index (χ3v) is 4.96. The van der Waals surface area contributed by atoms with Crippen molar-refractivity contribution in [1.29, 1.82) is 0 Å². The van der Waals surface area contributed by atoms with Crippen molar-refractivity contribution in [3.05, 3.63) is 22.6 Å². The minimum atomic E-state index is -0.247. The molecule has 0 spiro atoms. The number of morpholine rings is 1. The molecule has 1 saturated heterocycles. The Balaban J connectivity index is 1.87. The summed E-state index contributed by atoms with van der Waals surface area (Å²) < 4.78 is 21.4. The van der Waals surface area contributed by atoms with E-state index in [0.717, 1.165) is 23.8 Å². The summed E-state index contributed by atoms with van der Waals surface area (Å²) in [6.07, 6.45) is 1.77. The van der Waals surface area contributed by atoms with E-state index in [1.165, 1.54) is 11.8 Å². The zero-order valence-corrected chi connectivity index (χ0v) is 15.2. The summed E-state index contributed by atoms with van der Waals surface area (Å²) in [7, 11) is 4.70. The molecule has 1 amide bonds. The maximum absolute atomic E-state index is 12.3. The average Bonchev–Trinajstić information content (AvgIpc) is 3.02. The van der Waals surface area contributed by atoms with Crippen molar-refractivity contribution in [2.75, 3.05) is 47.6 Å². The van der Waals surface area contributed by atoms with Crippen LogP contribution in [0.3, 0.4) is 0 Å². The van der Waals surface area contributed by atoms with Crippen LogP contribution in [0, 0.1) is 0 Å². The number of amides is 1. The molecule has 134 valence electrons. The van der Waals surface area contributed by atoms with Gasteiger partial charge in [-0.05, 0) is 23.9 Å². The number of benzene rings is 1. The van der Waals surface area contributed by atoms with Crippen LogP contribution in [0.2, 0.25) is 0 Å². The normalized spacial score (nSPS) is 19.2. The summed E-state index contributed by atoms with van der Waals surface area (Å²) in [5.41, 5.74) is 0.731. The van der Waals surface area contributed by atoms with Gasteiger partial charge >= 0.3 is 0 Å². The fourth-order valence-corrected chi connectivity index (χ4v) is 3.55. The molecule has 3 rings (SSSR count). The van der Waals surface area contributed by atoms with Crippen molar-refractivity contribution in [3.8, 4) is 17.2 Å². The SMILES string of the molecule is COc1cc(OC)c(OC)cc1/C=C1\SC(N2CCOCC2)=NC1=O. The van der Waals surface area contributed by atoms with Crippen molar-refractivity contribution >= 4 is 28.9 Å². The van der Waals surface area contributed by atoms with Gasteiger partial charge in [-0.1, -0.05) is 0 Å². The quantitative estimate of drug-likeness (QED) is 0.757. The lowest BCUT2D eigenvalue weighted by molar-refractivity contribution is -0.113. The van der Waals surface area contributed by atoms with Crippen molar-refractivity contribution in [1.82, 2.24) is 4.90 Å². The molecule has 25 heavy (non-hydrogen) atoms. The Morgan fingerprint density at radius 3 is 2.36 bits per heavy atom. The molecular weight excluding hydrogens is 344 g/mol. The van der Waals surface area contributed by atoms with Gasteiger partial charge in [0.1, 0.15) is 5.75 Å². The highest BCUT2D eigenvalue weighted by molar-refractivity contribution is 8.18. The molecule has 1 fully saturated rings. The van der Waals surface area contributed by atoms with Crippen LogP contribution in [0.15, 0.2) is 22.0 Å². The summed E-state index contributed by atoms with van der Waals surface area (Å²) in [6.45, 7) is 2.78. The fourth-order valence-electron chi connectivity index (χ4n) is 2.59. The van der Waals surface area contributed by atoms with E-state index in [4.69, 9.17) is 18.9 Å². The number of nitrogens with zero attached hydrogens (tertiary/aromatic N) is 2. The molecule has 8 heteroatoms. The van der Waals surface area contributed by atoms with E-state index in [1.54, 1.807) is 39.5 Å². The molecular formula is C17H20N2O5S. The number of carbonyl (C=O) groups is 1. The van der Waals surface area contributed by atoms with Crippen LogP contribution in [0.5, 0.6) is 17.2 Å². The molecule has 0 radical (unpaired) electrons. The Morgan fingerprint density at radius 1 is 1.08 bits per heavy atom. The molecule has 1 aromatic rings. The van der Waals surface area contributed by atoms with Crippen LogP contribution in [-0.4, -0.2) is 63.6 Å². The van der Waals surface area contributed by atoms with Crippen LogP contribution in [0.25, 0.3) is 6.08 Å². The monoisotopic (exact) mass is 364 g/mol. The van der Waals surface area contributed by atoms with Crippen molar-refractivity contribution in [3.63, 3.8) is 0 Å². The third kappa shape index (κ3) is 3.74. The first-order valence-corrected chi connectivity index (χ1v) is 8.63. The highest BCUT2D eigenvalue weighted by Crippen LogP contribution is 2.38. The van der Waals surface area contributed by atoms with E-state index < -0.39 is 0 Å². The molecule has 0 atom stereocenters. The predicted molar refractivity (Wildman–Crippen MR) is 96.5 cm³/mol. The maximum Gasteiger partial charge on any atom is 0.286 e. The Kier molecular flexibility index (Phi) is 5.50. The van der Waals surface area contributed by atoms with E-state index in [0.29, 0.717) is 35.4 Å². The lowest BCUT2D eigenvalue weighted by Crippen LogP contribution is -2.38. The van der Waals surface area contributed by atoms with Crippen molar-refractivity contribution < 1.29 is 23.7 Å². The van der Waals surface area contributed by atoms with E-state index in [9.17, 15) is 4.79 Å². The van der Waals surface area contributed by atoms with Crippen LogP contribution in [0.4, 0.5) is 0 Å². The van der Waals surface area contributed by atoms with Crippen LogP contribution in [-0.2, 0) is 9.53 Å². The van der Waals surface area contributed by atoms with E-state index in [-0.39, 0.29) is 5.91 Å². The number of hydrogen-bond donors (Lipinski definition) is 0. The molecule has 2 heterocycles. The number of methoxy groups -OCH3 is 3. The topological polar surface area (TPSA) is 69.6 Å². The van der Waals surface area contributed by atoms with Crippen molar-refractivity contribution in [2.24, 2.45) is 4.99 Å². The number of rotatable bonds is 4. The molecule has 7 nitrogen and oxygen atoms in total. The molecule has 2 aliphatic rings. The second kappa shape index (κ2) is 7.79. The second-order valence-electron chi connectivity index (χ2n) is 5.36. The number of ether oxygens (including phenoxy) is 4. The molecule has 0 aromatic heterocycles. The van der Waals surface area contributed by atoms with Gasteiger partial charge in [0.15, 0.2) is 16.7 Å². The first-order valence-electron chi connectivity index (χ1n) is 7.81. The lowest BCUT2D eigenvalue weighted by atomic mass is 10.1. The molecule has 0 bridgehead atoms. The Bertz CT molecular complexity index is 726. The van der Waals surface area contributed by atoms with Gasteiger partial charge < -0.3 is 23.8 Å². The van der Waals surface area contributed by atoms with Gasteiger partial charge in [-0.2, -0.15) is 4.99 Å². The van der Waals surface area contributed by atoms with Gasteiger partial charge in [0.25, 0.3) is 5.91 Å². The first-order chi connectivity index (χ1) is 12.2. The number of carbonyl (C=O) groups excluding carboxylic acids is 1. The fraction of sp³-hybridized carbons (Fsp3) is 0.412. The lowest BCUT2D eigenvalue weighted by Gasteiger charge is -2.27. The van der Waals surface area contributed by atoms with Gasteiger partial charge in [-0.15, -0.1) is 0 Å². The third-order valence-electron chi connectivity index (χ3n) is 3.91. The molecule has 1 aromatic carbocycles. The first kappa shape index (κ1) is 17.6. The summed E-state index contributed by atoms with van der Waals surface area (Å²) in [5, 5.41) is 0.721. The van der Waals surface area contributed by atoms with E-state index >= 15 is 0 Å². The van der Waals surface area contributed by atoms with Gasteiger partial charge in [0.05, 0.1) is 39.4 Å². The minimum absolute atomic E-state index is 0.247. The summed E-state index contributed by atoms with van der Waals surface area (Å²) in [6, 6.07) is 3.52. The van der Waals surface area contributed by atoms with Gasteiger partial charge in [-0.25, -0.2) is 0 Å². The predicted octanol–water partition coefficient (Wildman–Crippen LogP) is 2.01. The largest absolute Gasteiger partial charge is 0.496 e. The second-order valence-corrected chi connectivity index (χ2v) is 6.37. The molecule has 0 aliphatic carbocycles. The highest BCUT2D eigenvalue weighted by atomic mass is 32.2. The smallest absolute Gasteiger partial charge is 0.286 e. The van der Waals surface area contributed by atoms with E-state index in [2.05, 4.69) is 9.89 Å². The zero-order valence-electron chi connectivity index (χ0n) is 14.4. The zero-order chi connectivity index (χ0) is 17.8. The number of hydrogen-bond acceptors (Lipinski definition) is 7. The average molecular weight is 364 g/mol. The number of aliphatic imine (C=N–C) groups is 1. The van der Waals surface area contributed by atoms with Crippen LogP contribution < -0.4 is 14.2 Å². The van der Waals surface area contributed by atoms with Gasteiger partial charge in [-0.3, -0.25) is 4.79 Å². The Morgan fingerprint density at radius 2 is 1.72 bits per heavy atom. The molecule has 2 aliphatic heterocycles. The molecule has 0 N–H and O–H groups in total. The number of thioether (sulfide) groups is 1. The van der Waals surface area contributed by atoms with Gasteiger partial charge in [0.2, 0.25) is 0 Å². The van der Waals surface area contributed by atoms with Crippen LogP contribution >= 0.6 is 11.8 Å². The molecule has 0 unspecified atom stereocenters. The molecule has 0 saturated carbocycles. The standard InChI is InChI=1S/C17H20N2O5S/c1-21-12-10-14(23-3)13(22-2)8-11(12)9-15-16(20)18-17(25-15)19-4-6-24-7-5-19/h8-10H,4-7H2,1-3H3/b15-9-. The Hall–Kier alpha value is -2.19. The van der Waals surface area contributed by atoms with Gasteiger partial charge in [0, 0.05) is 24.7 Å². The summed E-state index contributed by atoms with van der Waals surface area (Å²) in [5.74, 6) is 1.48. The summed E-state index contributed by atoms with van der Waals surface area (Å²) >= 11 is 1.37. The number of amidine groups is 1.